The van der Waals surface area contributed by atoms with Gasteiger partial charge in [0.2, 0.25) is 10.0 Å². The van der Waals surface area contributed by atoms with Gasteiger partial charge in [-0.1, -0.05) is 36.4 Å². The zero-order valence-corrected chi connectivity index (χ0v) is 13.4. The molecule has 0 aliphatic heterocycles. The first-order chi connectivity index (χ1) is 10.5. The summed E-state index contributed by atoms with van der Waals surface area (Å²) in [7, 11) is -3.31. The van der Waals surface area contributed by atoms with Gasteiger partial charge < -0.3 is 5.11 Å². The number of hydrogen-bond donors (Lipinski definition) is 2. The van der Waals surface area contributed by atoms with E-state index in [1.807, 2.05) is 43.3 Å². The Hall–Kier alpha value is -1.85. The highest BCUT2D eigenvalue weighted by Gasteiger charge is 2.12. The Labute approximate surface area is 131 Å². The fraction of sp³-hybridized carbons (Fsp3) is 0.294. The summed E-state index contributed by atoms with van der Waals surface area (Å²) in [5.41, 5.74) is 2.89. The van der Waals surface area contributed by atoms with E-state index >= 15 is 0 Å². The van der Waals surface area contributed by atoms with Crippen LogP contribution < -0.4 is 4.72 Å². The lowest BCUT2D eigenvalue weighted by molar-refractivity contribution is 0.475. The van der Waals surface area contributed by atoms with Gasteiger partial charge in [-0.25, -0.2) is 13.1 Å². The van der Waals surface area contributed by atoms with E-state index in [1.54, 1.807) is 12.1 Å². The van der Waals surface area contributed by atoms with Gasteiger partial charge >= 0.3 is 0 Å². The molecular formula is C17H21NO3S. The summed E-state index contributed by atoms with van der Waals surface area (Å²) >= 11 is 0. The van der Waals surface area contributed by atoms with Gasteiger partial charge in [0.15, 0.2) is 0 Å². The molecule has 0 aliphatic carbocycles. The summed E-state index contributed by atoms with van der Waals surface area (Å²) in [4.78, 5) is 0. The molecule has 0 bridgehead atoms. The van der Waals surface area contributed by atoms with Crippen molar-refractivity contribution in [3.05, 3.63) is 65.2 Å². The van der Waals surface area contributed by atoms with Crippen LogP contribution >= 0.6 is 0 Å². The molecule has 0 unspecified atom stereocenters. The molecule has 0 atom stereocenters. The van der Waals surface area contributed by atoms with Crippen molar-refractivity contribution in [3.8, 4) is 5.75 Å². The second-order valence-corrected chi connectivity index (χ2v) is 7.16. The van der Waals surface area contributed by atoms with Crippen LogP contribution in [0.3, 0.4) is 0 Å². The van der Waals surface area contributed by atoms with Crippen LogP contribution in [-0.2, 0) is 22.2 Å². The Morgan fingerprint density at radius 3 is 2.41 bits per heavy atom. The van der Waals surface area contributed by atoms with Crippen molar-refractivity contribution in [2.45, 2.75) is 25.5 Å². The van der Waals surface area contributed by atoms with Crippen molar-refractivity contribution >= 4 is 10.0 Å². The minimum Gasteiger partial charge on any atom is -0.508 e. The first kappa shape index (κ1) is 16.5. The predicted molar refractivity (Wildman–Crippen MR) is 88.2 cm³/mol. The van der Waals surface area contributed by atoms with Crippen LogP contribution in [0.5, 0.6) is 5.75 Å². The fourth-order valence-corrected chi connectivity index (χ4v) is 3.50. The van der Waals surface area contributed by atoms with Gasteiger partial charge in [-0.05, 0) is 48.6 Å². The van der Waals surface area contributed by atoms with Crippen LogP contribution in [0.2, 0.25) is 0 Å². The highest BCUT2D eigenvalue weighted by molar-refractivity contribution is 7.88. The van der Waals surface area contributed by atoms with E-state index in [2.05, 4.69) is 4.72 Å². The molecule has 0 radical (unpaired) electrons. The van der Waals surface area contributed by atoms with Gasteiger partial charge in [0, 0.05) is 6.54 Å². The van der Waals surface area contributed by atoms with Crippen molar-refractivity contribution in [1.82, 2.24) is 4.72 Å². The standard InChI is InChI=1S/C17H21NO3S/c1-14-5-2-3-7-16(14)13-22(20,21)18-12-4-6-15-8-10-17(19)11-9-15/h2-3,5,7-11,18-19H,4,6,12-13H2,1H3. The minimum absolute atomic E-state index is 0.0128. The molecule has 0 saturated carbocycles. The monoisotopic (exact) mass is 319 g/mol. The highest BCUT2D eigenvalue weighted by Crippen LogP contribution is 2.12. The average Bonchev–Trinajstić information content (AvgIpc) is 2.48. The molecule has 2 rings (SSSR count). The Morgan fingerprint density at radius 1 is 1.05 bits per heavy atom. The summed E-state index contributed by atoms with van der Waals surface area (Å²) < 4.78 is 26.8. The number of phenols is 1. The van der Waals surface area contributed by atoms with Crippen molar-refractivity contribution in [2.75, 3.05) is 6.54 Å². The fourth-order valence-electron chi connectivity index (χ4n) is 2.21. The van der Waals surface area contributed by atoms with Gasteiger partial charge in [-0.15, -0.1) is 0 Å². The third-order valence-electron chi connectivity index (χ3n) is 3.51. The molecule has 0 saturated heterocycles. The number of rotatable bonds is 7. The van der Waals surface area contributed by atoms with E-state index in [-0.39, 0.29) is 11.5 Å². The minimum atomic E-state index is -3.31. The number of sulfonamides is 1. The molecule has 2 aromatic rings. The van der Waals surface area contributed by atoms with Crippen LogP contribution in [0.4, 0.5) is 0 Å². The van der Waals surface area contributed by atoms with Crippen LogP contribution in [0.15, 0.2) is 48.5 Å². The SMILES string of the molecule is Cc1ccccc1CS(=O)(=O)NCCCc1ccc(O)cc1. The van der Waals surface area contributed by atoms with E-state index in [0.717, 1.165) is 29.5 Å². The van der Waals surface area contributed by atoms with Gasteiger partial charge in [-0.2, -0.15) is 0 Å². The van der Waals surface area contributed by atoms with E-state index in [4.69, 9.17) is 0 Å². The number of aryl methyl sites for hydroxylation is 2. The number of benzene rings is 2. The summed E-state index contributed by atoms with van der Waals surface area (Å²) in [5, 5.41) is 9.21. The molecule has 0 aromatic heterocycles. The summed E-state index contributed by atoms with van der Waals surface area (Å²) in [6.07, 6.45) is 1.49. The number of phenolic OH excluding ortho intramolecular Hbond substituents is 1. The smallest absolute Gasteiger partial charge is 0.215 e. The molecule has 118 valence electrons. The van der Waals surface area contributed by atoms with E-state index in [1.165, 1.54) is 0 Å². The number of nitrogens with one attached hydrogen (secondary N) is 1. The Kier molecular flexibility index (Phi) is 5.57. The lowest BCUT2D eigenvalue weighted by atomic mass is 10.1. The molecular weight excluding hydrogens is 298 g/mol. The van der Waals surface area contributed by atoms with Crippen molar-refractivity contribution in [1.29, 1.82) is 0 Å². The van der Waals surface area contributed by atoms with Crippen LogP contribution in [0.1, 0.15) is 23.1 Å². The van der Waals surface area contributed by atoms with Crippen LogP contribution in [0, 0.1) is 6.92 Å². The number of hydrogen-bond acceptors (Lipinski definition) is 3. The molecule has 0 fully saturated rings. The first-order valence-corrected chi connectivity index (χ1v) is 8.91. The molecule has 0 aliphatic rings. The average molecular weight is 319 g/mol. The third kappa shape index (κ3) is 5.16. The lowest BCUT2D eigenvalue weighted by Gasteiger charge is -2.09. The van der Waals surface area contributed by atoms with E-state index in [0.29, 0.717) is 6.54 Å². The second-order valence-electron chi connectivity index (χ2n) is 5.35. The first-order valence-electron chi connectivity index (χ1n) is 7.26. The molecule has 0 heterocycles. The molecule has 4 nitrogen and oxygen atoms in total. The van der Waals surface area contributed by atoms with Gasteiger partial charge in [0.05, 0.1) is 5.75 Å². The summed E-state index contributed by atoms with van der Waals surface area (Å²) in [6.45, 7) is 2.32. The van der Waals surface area contributed by atoms with Crippen molar-refractivity contribution in [2.24, 2.45) is 0 Å². The predicted octanol–water partition coefficient (Wildman–Crippen LogP) is 2.75. The summed E-state index contributed by atoms with van der Waals surface area (Å²) in [5.74, 6) is 0.251. The topological polar surface area (TPSA) is 66.4 Å². The van der Waals surface area contributed by atoms with Crippen LogP contribution in [0.25, 0.3) is 0 Å². The maximum atomic E-state index is 12.1. The van der Waals surface area contributed by atoms with Crippen molar-refractivity contribution < 1.29 is 13.5 Å². The highest BCUT2D eigenvalue weighted by atomic mass is 32.2. The molecule has 5 heteroatoms. The third-order valence-corrected chi connectivity index (χ3v) is 4.84. The zero-order chi connectivity index (χ0) is 16.0. The molecule has 22 heavy (non-hydrogen) atoms. The van der Waals surface area contributed by atoms with Gasteiger partial charge in [-0.3, -0.25) is 0 Å². The molecule has 2 aromatic carbocycles. The zero-order valence-electron chi connectivity index (χ0n) is 12.6. The Balaban J connectivity index is 1.80. The quantitative estimate of drug-likeness (QED) is 0.771. The normalized spacial score (nSPS) is 11.5. The Morgan fingerprint density at radius 2 is 1.73 bits per heavy atom. The summed E-state index contributed by atoms with van der Waals surface area (Å²) in [6, 6.07) is 14.5. The van der Waals surface area contributed by atoms with Crippen LogP contribution in [-0.4, -0.2) is 20.1 Å². The molecule has 2 N–H and O–H groups in total. The van der Waals surface area contributed by atoms with E-state index in [9.17, 15) is 13.5 Å². The molecule has 0 spiro atoms. The lowest BCUT2D eigenvalue weighted by Crippen LogP contribution is -2.26. The second kappa shape index (κ2) is 7.42. The molecule has 0 amide bonds. The Bertz CT molecular complexity index is 709. The van der Waals surface area contributed by atoms with Crippen molar-refractivity contribution in [3.63, 3.8) is 0 Å². The van der Waals surface area contributed by atoms with Gasteiger partial charge in [0.1, 0.15) is 5.75 Å². The maximum Gasteiger partial charge on any atom is 0.215 e. The number of aromatic hydroxyl groups is 1. The maximum absolute atomic E-state index is 12.1. The van der Waals surface area contributed by atoms with E-state index < -0.39 is 10.0 Å². The van der Waals surface area contributed by atoms with Gasteiger partial charge in [0.25, 0.3) is 0 Å². The largest absolute Gasteiger partial charge is 0.508 e.